The van der Waals surface area contributed by atoms with Crippen LogP contribution in [0.3, 0.4) is 0 Å². The minimum Gasteiger partial charge on any atom is -0.313 e. The summed E-state index contributed by atoms with van der Waals surface area (Å²) in [4.78, 5) is 3.75. The highest BCUT2D eigenvalue weighted by molar-refractivity contribution is 6.32. The molecule has 0 fully saturated rings. The average molecular weight is 319 g/mol. The van der Waals surface area contributed by atoms with Crippen LogP contribution in [-0.4, -0.2) is 21.3 Å². The van der Waals surface area contributed by atoms with Crippen molar-refractivity contribution in [2.45, 2.75) is 26.1 Å². The lowest BCUT2D eigenvalue weighted by Gasteiger charge is -2.08. The number of nitrogens with one attached hydrogen (secondary N) is 1. The van der Waals surface area contributed by atoms with Gasteiger partial charge in [-0.2, -0.15) is 18.3 Å². The highest BCUT2D eigenvalue weighted by Gasteiger charge is 2.31. The van der Waals surface area contributed by atoms with Gasteiger partial charge < -0.3 is 5.32 Å². The van der Waals surface area contributed by atoms with E-state index in [4.69, 9.17) is 11.6 Å². The zero-order valence-electron chi connectivity index (χ0n) is 11.3. The first-order chi connectivity index (χ1) is 9.91. The number of hydrogen-bond acceptors (Lipinski definition) is 3. The van der Waals surface area contributed by atoms with E-state index < -0.39 is 11.7 Å². The molecule has 0 saturated carbocycles. The lowest BCUT2D eigenvalue weighted by atomic mass is 10.3. The minimum absolute atomic E-state index is 0.0963. The third kappa shape index (κ3) is 3.95. The first kappa shape index (κ1) is 15.8. The van der Waals surface area contributed by atoms with Gasteiger partial charge in [-0.25, -0.2) is 9.67 Å². The standard InChI is InChI=1S/C13H14ClF3N4/c1-2-3-18-5-9-6-20-21(8-9)12-11(14)4-10(7-19-12)13(15,16)17/h4,6-8,18H,2-3,5H2,1H3. The molecule has 2 heterocycles. The van der Waals surface area contributed by atoms with Gasteiger partial charge in [0, 0.05) is 24.5 Å². The fourth-order valence-corrected chi connectivity index (χ4v) is 1.98. The van der Waals surface area contributed by atoms with Gasteiger partial charge in [0.05, 0.1) is 16.8 Å². The highest BCUT2D eigenvalue weighted by atomic mass is 35.5. The first-order valence-electron chi connectivity index (χ1n) is 6.39. The molecule has 114 valence electrons. The molecule has 0 bridgehead atoms. The van der Waals surface area contributed by atoms with E-state index in [0.29, 0.717) is 6.54 Å². The van der Waals surface area contributed by atoms with Gasteiger partial charge in [0.1, 0.15) is 0 Å². The topological polar surface area (TPSA) is 42.7 Å². The smallest absolute Gasteiger partial charge is 0.313 e. The summed E-state index contributed by atoms with van der Waals surface area (Å²) in [5.41, 5.74) is 0.0226. The summed E-state index contributed by atoms with van der Waals surface area (Å²) in [7, 11) is 0. The van der Waals surface area contributed by atoms with E-state index in [9.17, 15) is 13.2 Å². The summed E-state index contributed by atoms with van der Waals surface area (Å²) in [6.45, 7) is 3.57. The van der Waals surface area contributed by atoms with Crippen LogP contribution in [0.5, 0.6) is 0 Å². The summed E-state index contributed by atoms with van der Waals surface area (Å²) in [6, 6.07) is 0.848. The zero-order chi connectivity index (χ0) is 15.5. The number of pyridine rings is 1. The molecule has 0 aliphatic carbocycles. The van der Waals surface area contributed by atoms with E-state index in [1.165, 1.54) is 4.68 Å². The molecule has 2 aromatic rings. The predicted octanol–water partition coefficient (Wildman–Crippen LogP) is 3.44. The number of hydrogen-bond donors (Lipinski definition) is 1. The van der Waals surface area contributed by atoms with Crippen molar-refractivity contribution < 1.29 is 13.2 Å². The Kier molecular flexibility index (Phi) is 4.84. The number of nitrogens with zero attached hydrogens (tertiary/aromatic N) is 3. The van der Waals surface area contributed by atoms with Gasteiger partial charge in [0.2, 0.25) is 0 Å². The molecule has 0 atom stereocenters. The summed E-state index contributed by atoms with van der Waals surface area (Å²) < 4.78 is 39.0. The Bertz CT molecular complexity index is 610. The van der Waals surface area contributed by atoms with Crippen LogP contribution in [0.4, 0.5) is 13.2 Å². The third-order valence-corrected chi connectivity index (χ3v) is 3.04. The van der Waals surface area contributed by atoms with Crippen LogP contribution in [0.25, 0.3) is 5.82 Å². The first-order valence-corrected chi connectivity index (χ1v) is 6.77. The van der Waals surface area contributed by atoms with Crippen LogP contribution in [0.2, 0.25) is 5.02 Å². The average Bonchev–Trinajstić information content (AvgIpc) is 2.86. The van der Waals surface area contributed by atoms with E-state index in [1.807, 2.05) is 0 Å². The van der Waals surface area contributed by atoms with Crippen molar-refractivity contribution >= 4 is 11.6 Å². The lowest BCUT2D eigenvalue weighted by molar-refractivity contribution is -0.137. The maximum Gasteiger partial charge on any atom is 0.417 e. The molecule has 2 aromatic heterocycles. The van der Waals surface area contributed by atoms with Gasteiger partial charge in [0.25, 0.3) is 0 Å². The molecule has 0 spiro atoms. The fourth-order valence-electron chi connectivity index (χ4n) is 1.73. The number of alkyl halides is 3. The van der Waals surface area contributed by atoms with Crippen molar-refractivity contribution in [1.29, 1.82) is 0 Å². The Morgan fingerprint density at radius 2 is 2.10 bits per heavy atom. The Balaban J connectivity index is 2.19. The highest BCUT2D eigenvalue weighted by Crippen LogP contribution is 2.31. The second-order valence-corrected chi connectivity index (χ2v) is 4.90. The summed E-state index contributed by atoms with van der Waals surface area (Å²) >= 11 is 5.87. The largest absolute Gasteiger partial charge is 0.417 e. The summed E-state index contributed by atoms with van der Waals surface area (Å²) in [5, 5.41) is 7.17. The van der Waals surface area contributed by atoms with Crippen molar-refractivity contribution in [2.24, 2.45) is 0 Å². The molecule has 0 unspecified atom stereocenters. The molecule has 21 heavy (non-hydrogen) atoms. The molecule has 0 aliphatic heterocycles. The SMILES string of the molecule is CCCNCc1cnn(-c2ncc(C(F)(F)F)cc2Cl)c1. The van der Waals surface area contributed by atoms with Gasteiger partial charge in [-0.15, -0.1) is 0 Å². The van der Waals surface area contributed by atoms with Crippen LogP contribution in [-0.2, 0) is 12.7 Å². The Morgan fingerprint density at radius 1 is 1.33 bits per heavy atom. The zero-order valence-corrected chi connectivity index (χ0v) is 12.0. The third-order valence-electron chi connectivity index (χ3n) is 2.76. The molecule has 4 nitrogen and oxygen atoms in total. The van der Waals surface area contributed by atoms with Gasteiger partial charge in [-0.3, -0.25) is 0 Å². The number of halogens is 4. The van der Waals surface area contributed by atoms with Crippen molar-refractivity contribution in [3.05, 3.63) is 40.8 Å². The van der Waals surface area contributed by atoms with E-state index >= 15 is 0 Å². The molecule has 0 radical (unpaired) electrons. The van der Waals surface area contributed by atoms with E-state index in [1.54, 1.807) is 12.4 Å². The molecule has 0 aliphatic rings. The Hall–Kier alpha value is -1.60. The number of aromatic nitrogens is 3. The van der Waals surface area contributed by atoms with Crippen molar-refractivity contribution in [1.82, 2.24) is 20.1 Å². The number of rotatable bonds is 5. The van der Waals surface area contributed by atoms with Crippen LogP contribution in [0.1, 0.15) is 24.5 Å². The van der Waals surface area contributed by atoms with Crippen LogP contribution >= 0.6 is 11.6 Å². The van der Waals surface area contributed by atoms with Crippen LogP contribution in [0.15, 0.2) is 24.7 Å². The lowest BCUT2D eigenvalue weighted by Crippen LogP contribution is -2.13. The molecule has 2 rings (SSSR count). The van der Waals surface area contributed by atoms with Gasteiger partial charge in [-0.05, 0) is 19.0 Å². The molecule has 0 amide bonds. The molecule has 1 N–H and O–H groups in total. The van der Waals surface area contributed by atoms with Crippen LogP contribution < -0.4 is 5.32 Å². The van der Waals surface area contributed by atoms with Crippen molar-refractivity contribution in [3.8, 4) is 5.82 Å². The molecule has 0 aromatic carbocycles. The van der Waals surface area contributed by atoms with Crippen molar-refractivity contribution in [3.63, 3.8) is 0 Å². The monoisotopic (exact) mass is 318 g/mol. The predicted molar refractivity (Wildman–Crippen MR) is 73.4 cm³/mol. The Labute approximate surface area is 124 Å². The van der Waals surface area contributed by atoms with Crippen molar-refractivity contribution in [2.75, 3.05) is 6.54 Å². The van der Waals surface area contributed by atoms with E-state index in [0.717, 1.165) is 30.8 Å². The quantitative estimate of drug-likeness (QED) is 0.859. The minimum atomic E-state index is -4.46. The van der Waals surface area contributed by atoms with E-state index in [2.05, 4.69) is 22.3 Å². The summed E-state index contributed by atoms with van der Waals surface area (Å²) in [6.07, 6.45) is 0.606. The molecule has 0 saturated heterocycles. The molecular formula is C13H14ClF3N4. The Morgan fingerprint density at radius 3 is 2.71 bits per heavy atom. The van der Waals surface area contributed by atoms with E-state index in [-0.39, 0.29) is 10.8 Å². The van der Waals surface area contributed by atoms with Crippen LogP contribution in [0, 0.1) is 0 Å². The van der Waals surface area contributed by atoms with Gasteiger partial charge in [-0.1, -0.05) is 18.5 Å². The maximum atomic E-state index is 12.5. The van der Waals surface area contributed by atoms with Gasteiger partial charge in [0.15, 0.2) is 5.82 Å². The summed E-state index contributed by atoms with van der Waals surface area (Å²) in [5.74, 6) is 0.173. The molecular weight excluding hydrogens is 305 g/mol. The second kappa shape index (κ2) is 6.44. The molecule has 8 heteroatoms. The second-order valence-electron chi connectivity index (χ2n) is 4.50. The van der Waals surface area contributed by atoms with Gasteiger partial charge >= 0.3 is 6.18 Å². The normalized spacial score (nSPS) is 11.9. The maximum absolute atomic E-state index is 12.5. The fraction of sp³-hybridized carbons (Fsp3) is 0.385.